The van der Waals surface area contributed by atoms with Gasteiger partial charge in [0.25, 0.3) is 0 Å². The van der Waals surface area contributed by atoms with Gasteiger partial charge in [0.1, 0.15) is 17.5 Å². The summed E-state index contributed by atoms with van der Waals surface area (Å²) < 4.78 is 0. The van der Waals surface area contributed by atoms with E-state index in [1.807, 2.05) is 20.8 Å². The molecule has 104 valence electrons. The topological polar surface area (TPSA) is 98.1 Å². The summed E-state index contributed by atoms with van der Waals surface area (Å²) >= 11 is 0. The molecule has 1 aromatic rings. The Labute approximate surface area is 113 Å². The van der Waals surface area contributed by atoms with Crippen LogP contribution in [0.1, 0.15) is 37.6 Å². The van der Waals surface area contributed by atoms with Crippen LogP contribution < -0.4 is 16.4 Å². The van der Waals surface area contributed by atoms with Crippen molar-refractivity contribution in [2.45, 2.75) is 33.1 Å². The minimum Gasteiger partial charge on any atom is -0.383 e. The van der Waals surface area contributed by atoms with E-state index in [4.69, 9.17) is 11.5 Å². The second-order valence-corrected chi connectivity index (χ2v) is 5.40. The van der Waals surface area contributed by atoms with Gasteiger partial charge in [-0.3, -0.25) is 4.79 Å². The maximum absolute atomic E-state index is 11.2. The Morgan fingerprint density at radius 3 is 2.63 bits per heavy atom. The first-order valence-corrected chi connectivity index (χ1v) is 6.58. The number of amides is 1. The van der Waals surface area contributed by atoms with Crippen molar-refractivity contribution in [3.63, 3.8) is 0 Å². The van der Waals surface area contributed by atoms with Gasteiger partial charge in [0, 0.05) is 24.6 Å². The van der Waals surface area contributed by atoms with Crippen molar-refractivity contribution in [2.24, 2.45) is 11.7 Å². The van der Waals surface area contributed by atoms with Crippen molar-refractivity contribution in [3.05, 3.63) is 11.4 Å². The van der Waals surface area contributed by atoms with Gasteiger partial charge < -0.3 is 16.4 Å². The van der Waals surface area contributed by atoms with E-state index in [1.165, 1.54) is 0 Å². The molecule has 6 heteroatoms. The van der Waals surface area contributed by atoms with Gasteiger partial charge in [0.15, 0.2) is 0 Å². The normalized spacial score (nSPS) is 19.2. The fourth-order valence-electron chi connectivity index (χ4n) is 2.29. The molecule has 2 heterocycles. The largest absolute Gasteiger partial charge is 0.383 e. The molecule has 1 unspecified atom stereocenters. The zero-order valence-electron chi connectivity index (χ0n) is 11.7. The van der Waals surface area contributed by atoms with Gasteiger partial charge in [-0.2, -0.15) is 0 Å². The fourth-order valence-corrected chi connectivity index (χ4v) is 2.29. The Bertz CT molecular complexity index is 500. The van der Waals surface area contributed by atoms with Crippen LogP contribution in [0.2, 0.25) is 0 Å². The molecule has 19 heavy (non-hydrogen) atoms. The molecule has 0 saturated carbocycles. The molecular weight excluding hydrogens is 242 g/mol. The average molecular weight is 263 g/mol. The number of carbonyl (C=O) groups excluding carboxylic acids is 1. The van der Waals surface area contributed by atoms with Gasteiger partial charge in [-0.15, -0.1) is 0 Å². The number of anilines is 2. The Kier molecular flexibility index (Phi) is 3.59. The Morgan fingerprint density at radius 1 is 1.42 bits per heavy atom. The predicted molar refractivity (Wildman–Crippen MR) is 74.8 cm³/mol. The molecule has 0 aromatic carbocycles. The molecule has 0 aliphatic carbocycles. The number of aromatic nitrogens is 2. The van der Waals surface area contributed by atoms with Crippen LogP contribution in [0.25, 0.3) is 0 Å². The molecule has 0 bridgehead atoms. The van der Waals surface area contributed by atoms with Gasteiger partial charge in [-0.1, -0.05) is 13.8 Å². The molecule has 0 spiro atoms. The summed E-state index contributed by atoms with van der Waals surface area (Å²) in [7, 11) is 0. The van der Waals surface area contributed by atoms with E-state index in [1.54, 1.807) is 0 Å². The Hall–Kier alpha value is -1.85. The van der Waals surface area contributed by atoms with Crippen molar-refractivity contribution < 1.29 is 4.79 Å². The highest BCUT2D eigenvalue weighted by atomic mass is 16.1. The van der Waals surface area contributed by atoms with E-state index < -0.39 is 0 Å². The molecule has 1 amide bonds. The van der Waals surface area contributed by atoms with E-state index in [0.29, 0.717) is 12.4 Å². The number of nitrogen functional groups attached to an aromatic ring is 1. The summed E-state index contributed by atoms with van der Waals surface area (Å²) in [6.45, 7) is 7.37. The number of hydrogen-bond acceptors (Lipinski definition) is 5. The first kappa shape index (κ1) is 13.6. The number of carbonyl (C=O) groups is 1. The van der Waals surface area contributed by atoms with E-state index in [9.17, 15) is 4.79 Å². The molecule has 2 rings (SSSR count). The maximum atomic E-state index is 11.2. The van der Waals surface area contributed by atoms with Crippen molar-refractivity contribution >= 4 is 17.5 Å². The van der Waals surface area contributed by atoms with Crippen LogP contribution in [0, 0.1) is 12.8 Å². The molecule has 1 aromatic heterocycles. The monoisotopic (exact) mass is 263 g/mol. The summed E-state index contributed by atoms with van der Waals surface area (Å²) in [6, 6.07) is 0. The Balaban J connectivity index is 2.32. The van der Waals surface area contributed by atoms with E-state index in [-0.39, 0.29) is 17.7 Å². The summed E-state index contributed by atoms with van der Waals surface area (Å²) in [5, 5.41) is 0. The molecular formula is C13H21N5O. The summed E-state index contributed by atoms with van der Waals surface area (Å²) in [5.41, 5.74) is 12.2. The second-order valence-electron chi connectivity index (χ2n) is 5.40. The number of nitrogens with zero attached hydrogens (tertiary/aromatic N) is 3. The zero-order valence-corrected chi connectivity index (χ0v) is 11.7. The summed E-state index contributed by atoms with van der Waals surface area (Å²) in [4.78, 5) is 22.2. The lowest BCUT2D eigenvalue weighted by molar-refractivity contribution is -0.121. The van der Waals surface area contributed by atoms with Gasteiger partial charge in [-0.05, 0) is 13.3 Å². The van der Waals surface area contributed by atoms with Crippen LogP contribution in [-0.2, 0) is 4.79 Å². The number of hydrogen-bond donors (Lipinski definition) is 2. The van der Waals surface area contributed by atoms with Gasteiger partial charge in [0.05, 0.1) is 5.92 Å². The summed E-state index contributed by atoms with van der Waals surface area (Å²) in [6.07, 6.45) is 0.774. The molecule has 1 aliphatic rings. The fraction of sp³-hybridized carbons (Fsp3) is 0.615. The van der Waals surface area contributed by atoms with Crippen molar-refractivity contribution in [1.29, 1.82) is 0 Å². The molecule has 1 saturated heterocycles. The van der Waals surface area contributed by atoms with Gasteiger partial charge in [0.2, 0.25) is 5.91 Å². The van der Waals surface area contributed by atoms with Gasteiger partial charge >= 0.3 is 0 Å². The third kappa shape index (κ3) is 2.62. The highest BCUT2D eigenvalue weighted by Crippen LogP contribution is 2.28. The van der Waals surface area contributed by atoms with Crippen molar-refractivity contribution in [3.8, 4) is 0 Å². The van der Waals surface area contributed by atoms with Crippen LogP contribution in [0.15, 0.2) is 0 Å². The minimum atomic E-state index is -0.244. The first-order chi connectivity index (χ1) is 8.90. The zero-order chi connectivity index (χ0) is 14.2. The van der Waals surface area contributed by atoms with Crippen molar-refractivity contribution in [2.75, 3.05) is 23.7 Å². The Morgan fingerprint density at radius 2 is 2.11 bits per heavy atom. The highest BCUT2D eigenvalue weighted by molar-refractivity contribution is 5.78. The maximum Gasteiger partial charge on any atom is 0.222 e. The lowest BCUT2D eigenvalue weighted by Gasteiger charge is -2.21. The van der Waals surface area contributed by atoms with E-state index in [0.717, 1.165) is 30.2 Å². The van der Waals surface area contributed by atoms with Gasteiger partial charge in [-0.25, -0.2) is 9.97 Å². The first-order valence-electron chi connectivity index (χ1n) is 6.58. The van der Waals surface area contributed by atoms with Crippen LogP contribution >= 0.6 is 0 Å². The number of primary amides is 1. The molecule has 4 N–H and O–H groups in total. The average Bonchev–Trinajstić information content (AvgIpc) is 2.81. The molecule has 1 aliphatic heterocycles. The second kappa shape index (κ2) is 5.03. The standard InChI is InChI=1S/C13H21N5O/c1-7(2)12-16-10(14)8(3)13(17-12)18-5-4-9(6-18)11(15)19/h7,9H,4-6H2,1-3H3,(H2,15,19)(H2,14,16,17). The van der Waals surface area contributed by atoms with E-state index in [2.05, 4.69) is 14.9 Å². The quantitative estimate of drug-likeness (QED) is 0.840. The molecule has 0 radical (unpaired) electrons. The van der Waals surface area contributed by atoms with Crippen LogP contribution in [0.5, 0.6) is 0 Å². The highest BCUT2D eigenvalue weighted by Gasteiger charge is 2.29. The third-order valence-electron chi connectivity index (χ3n) is 3.58. The third-order valence-corrected chi connectivity index (χ3v) is 3.58. The van der Waals surface area contributed by atoms with Crippen LogP contribution in [0.3, 0.4) is 0 Å². The van der Waals surface area contributed by atoms with E-state index >= 15 is 0 Å². The molecule has 1 fully saturated rings. The van der Waals surface area contributed by atoms with Crippen LogP contribution in [0.4, 0.5) is 11.6 Å². The molecule has 6 nitrogen and oxygen atoms in total. The number of rotatable bonds is 3. The molecule has 1 atom stereocenters. The smallest absolute Gasteiger partial charge is 0.222 e. The van der Waals surface area contributed by atoms with Crippen molar-refractivity contribution in [1.82, 2.24) is 9.97 Å². The SMILES string of the molecule is Cc1c(N)nc(C(C)C)nc1N1CCC(C(N)=O)C1. The lowest BCUT2D eigenvalue weighted by Crippen LogP contribution is -2.28. The predicted octanol–water partition coefficient (Wildman–Crippen LogP) is 0.802. The summed E-state index contributed by atoms with van der Waals surface area (Å²) in [5.74, 6) is 1.96. The minimum absolute atomic E-state index is 0.0990. The number of nitrogens with two attached hydrogens (primary N) is 2. The lowest BCUT2D eigenvalue weighted by atomic mass is 10.1. The van der Waals surface area contributed by atoms with Crippen LogP contribution in [-0.4, -0.2) is 29.0 Å².